The van der Waals surface area contributed by atoms with Crippen molar-refractivity contribution in [2.24, 2.45) is 0 Å². The highest BCUT2D eigenvalue weighted by atomic mass is 16.5. The molecular weight excluding hydrogens is 240 g/mol. The van der Waals surface area contributed by atoms with Crippen LogP contribution in [0.2, 0.25) is 0 Å². The first-order valence-electron chi connectivity index (χ1n) is 6.04. The fraction of sp³-hybridized carbons (Fsp3) is 0.200. The molecule has 0 amide bonds. The Morgan fingerprint density at radius 3 is 2.68 bits per heavy atom. The summed E-state index contributed by atoms with van der Waals surface area (Å²) in [7, 11) is 1.99. The van der Waals surface area contributed by atoms with E-state index >= 15 is 0 Å². The molecule has 0 atom stereocenters. The average Bonchev–Trinajstić information content (AvgIpc) is 2.39. The van der Waals surface area contributed by atoms with Crippen molar-refractivity contribution in [2.75, 3.05) is 11.9 Å². The van der Waals surface area contributed by atoms with Crippen LogP contribution in [-0.2, 0) is 11.3 Å². The summed E-state index contributed by atoms with van der Waals surface area (Å²) in [6.45, 7) is 2.15. The molecule has 0 aliphatic heterocycles. The molecule has 0 saturated carbocycles. The summed E-state index contributed by atoms with van der Waals surface area (Å²) in [6, 6.07) is 13.8. The first-order valence-corrected chi connectivity index (χ1v) is 6.04. The monoisotopic (exact) mass is 256 g/mol. The highest BCUT2D eigenvalue weighted by molar-refractivity contribution is 5.69. The summed E-state index contributed by atoms with van der Waals surface area (Å²) >= 11 is 0. The van der Waals surface area contributed by atoms with Gasteiger partial charge in [0.05, 0.1) is 0 Å². The largest absolute Gasteiger partial charge is 0.408 e. The van der Waals surface area contributed by atoms with Gasteiger partial charge in [0.25, 0.3) is 0 Å². The standard InChI is InChI=1S/C15H16N2O2/c1-12(18)19-15-10-14(8-9-16-15)17(2)11-13-6-4-3-5-7-13/h3-10H,11H2,1-2H3. The van der Waals surface area contributed by atoms with Gasteiger partial charge in [0.1, 0.15) is 0 Å². The molecule has 0 N–H and O–H groups in total. The molecule has 1 aromatic heterocycles. The maximum Gasteiger partial charge on any atom is 0.309 e. The van der Waals surface area contributed by atoms with Gasteiger partial charge in [-0.05, 0) is 11.6 Å². The van der Waals surface area contributed by atoms with Crippen molar-refractivity contribution in [1.29, 1.82) is 0 Å². The number of hydrogen-bond donors (Lipinski definition) is 0. The summed E-state index contributed by atoms with van der Waals surface area (Å²) in [6.07, 6.45) is 1.63. The van der Waals surface area contributed by atoms with Crippen LogP contribution in [-0.4, -0.2) is 18.0 Å². The first-order chi connectivity index (χ1) is 9.15. The average molecular weight is 256 g/mol. The van der Waals surface area contributed by atoms with E-state index in [1.807, 2.05) is 31.3 Å². The molecule has 0 unspecified atom stereocenters. The Balaban J connectivity index is 2.10. The molecule has 0 bridgehead atoms. The Hall–Kier alpha value is -2.36. The van der Waals surface area contributed by atoms with Crippen molar-refractivity contribution < 1.29 is 9.53 Å². The lowest BCUT2D eigenvalue weighted by Gasteiger charge is -2.19. The Morgan fingerprint density at radius 2 is 2.00 bits per heavy atom. The molecule has 0 saturated heterocycles. The highest BCUT2D eigenvalue weighted by Crippen LogP contribution is 2.19. The third-order valence-electron chi connectivity index (χ3n) is 2.67. The summed E-state index contributed by atoms with van der Waals surface area (Å²) < 4.78 is 4.98. The van der Waals surface area contributed by atoms with Gasteiger partial charge in [0, 0.05) is 38.5 Å². The fourth-order valence-corrected chi connectivity index (χ4v) is 1.79. The smallest absolute Gasteiger partial charge is 0.309 e. The summed E-state index contributed by atoms with van der Waals surface area (Å²) in [5.74, 6) is -0.0414. The van der Waals surface area contributed by atoms with Crippen molar-refractivity contribution in [3.05, 3.63) is 54.2 Å². The van der Waals surface area contributed by atoms with Crippen molar-refractivity contribution in [3.63, 3.8) is 0 Å². The number of rotatable bonds is 4. The van der Waals surface area contributed by atoms with Gasteiger partial charge >= 0.3 is 5.97 Å². The summed E-state index contributed by atoms with van der Waals surface area (Å²) in [5.41, 5.74) is 2.17. The van der Waals surface area contributed by atoms with Crippen molar-refractivity contribution in [1.82, 2.24) is 4.98 Å². The molecule has 0 aliphatic rings. The van der Waals surface area contributed by atoms with Crippen LogP contribution in [0.4, 0.5) is 5.69 Å². The van der Waals surface area contributed by atoms with Gasteiger partial charge in [-0.25, -0.2) is 4.98 Å². The molecule has 4 nitrogen and oxygen atoms in total. The lowest BCUT2D eigenvalue weighted by molar-refractivity contribution is -0.132. The number of aromatic nitrogens is 1. The summed E-state index contributed by atoms with van der Waals surface area (Å²) in [4.78, 5) is 17.0. The predicted octanol–water partition coefficient (Wildman–Crippen LogP) is 2.64. The van der Waals surface area contributed by atoms with Crippen LogP contribution in [0.15, 0.2) is 48.7 Å². The van der Waals surface area contributed by atoms with Gasteiger partial charge in [-0.2, -0.15) is 0 Å². The van der Waals surface area contributed by atoms with E-state index in [4.69, 9.17) is 4.74 Å². The second kappa shape index (κ2) is 6.00. The Morgan fingerprint density at radius 1 is 1.26 bits per heavy atom. The first kappa shape index (κ1) is 13.1. The van der Waals surface area contributed by atoms with Crippen molar-refractivity contribution >= 4 is 11.7 Å². The molecule has 0 fully saturated rings. The SMILES string of the molecule is CC(=O)Oc1cc(N(C)Cc2ccccc2)ccn1. The van der Waals surface area contributed by atoms with E-state index in [-0.39, 0.29) is 5.97 Å². The topological polar surface area (TPSA) is 42.4 Å². The molecule has 0 radical (unpaired) electrons. The number of carbonyl (C=O) groups excluding carboxylic acids is 1. The van der Waals surface area contributed by atoms with E-state index in [2.05, 4.69) is 22.0 Å². The Labute approximate surface area is 112 Å². The number of esters is 1. The van der Waals surface area contributed by atoms with Gasteiger partial charge in [-0.3, -0.25) is 4.79 Å². The molecule has 0 spiro atoms. The number of pyridine rings is 1. The zero-order valence-electron chi connectivity index (χ0n) is 11.0. The molecule has 1 heterocycles. The van der Waals surface area contributed by atoms with E-state index in [0.717, 1.165) is 12.2 Å². The number of ether oxygens (including phenoxy) is 1. The maximum atomic E-state index is 10.9. The summed E-state index contributed by atoms with van der Waals surface area (Å²) in [5, 5.41) is 0. The predicted molar refractivity (Wildman–Crippen MR) is 74.1 cm³/mol. The number of nitrogens with zero attached hydrogens (tertiary/aromatic N) is 2. The lowest BCUT2D eigenvalue weighted by atomic mass is 10.2. The fourth-order valence-electron chi connectivity index (χ4n) is 1.79. The van der Waals surface area contributed by atoms with Crippen LogP contribution in [0.1, 0.15) is 12.5 Å². The maximum absolute atomic E-state index is 10.9. The van der Waals surface area contributed by atoms with Crippen LogP contribution in [0, 0.1) is 0 Å². The molecule has 1 aromatic carbocycles. The third kappa shape index (κ3) is 3.81. The molecule has 2 rings (SSSR count). The van der Waals surface area contributed by atoms with Crippen molar-refractivity contribution in [3.8, 4) is 5.88 Å². The van der Waals surface area contributed by atoms with Crippen LogP contribution in [0.25, 0.3) is 0 Å². The number of benzene rings is 1. The molecule has 19 heavy (non-hydrogen) atoms. The normalized spacial score (nSPS) is 10.0. The van der Waals surface area contributed by atoms with Crippen LogP contribution >= 0.6 is 0 Å². The zero-order chi connectivity index (χ0) is 13.7. The minimum Gasteiger partial charge on any atom is -0.408 e. The van der Waals surface area contributed by atoms with E-state index < -0.39 is 0 Å². The quantitative estimate of drug-likeness (QED) is 0.789. The van der Waals surface area contributed by atoms with E-state index in [1.54, 1.807) is 12.3 Å². The number of hydrogen-bond acceptors (Lipinski definition) is 4. The van der Waals surface area contributed by atoms with Gasteiger partial charge in [-0.1, -0.05) is 30.3 Å². The number of anilines is 1. The second-order valence-corrected chi connectivity index (χ2v) is 4.29. The van der Waals surface area contributed by atoms with E-state index in [9.17, 15) is 4.79 Å². The molecule has 98 valence electrons. The van der Waals surface area contributed by atoms with Crippen molar-refractivity contribution in [2.45, 2.75) is 13.5 Å². The highest BCUT2D eigenvalue weighted by Gasteiger charge is 2.05. The Bertz CT molecular complexity index is 555. The zero-order valence-corrected chi connectivity index (χ0v) is 11.0. The van der Waals surface area contributed by atoms with Crippen LogP contribution in [0.5, 0.6) is 5.88 Å². The minimum atomic E-state index is -0.365. The molecule has 0 aliphatic carbocycles. The van der Waals surface area contributed by atoms with Gasteiger partial charge < -0.3 is 9.64 Å². The molecule has 4 heteroatoms. The lowest BCUT2D eigenvalue weighted by Crippen LogP contribution is -2.16. The van der Waals surface area contributed by atoms with Gasteiger partial charge in [0.2, 0.25) is 5.88 Å². The van der Waals surface area contributed by atoms with Gasteiger partial charge in [0.15, 0.2) is 0 Å². The van der Waals surface area contributed by atoms with E-state index in [1.165, 1.54) is 12.5 Å². The second-order valence-electron chi connectivity index (χ2n) is 4.29. The number of carbonyl (C=O) groups is 1. The third-order valence-corrected chi connectivity index (χ3v) is 2.67. The molecular formula is C15H16N2O2. The van der Waals surface area contributed by atoms with Crippen LogP contribution in [0.3, 0.4) is 0 Å². The van der Waals surface area contributed by atoms with E-state index in [0.29, 0.717) is 5.88 Å². The molecule has 2 aromatic rings. The minimum absolute atomic E-state index is 0.324. The van der Waals surface area contributed by atoms with Crippen LogP contribution < -0.4 is 9.64 Å². The van der Waals surface area contributed by atoms with Gasteiger partial charge in [-0.15, -0.1) is 0 Å². The Kier molecular flexibility index (Phi) is 4.13.